The fourth-order valence-corrected chi connectivity index (χ4v) is 4.11. The fraction of sp³-hybridized carbons (Fsp3) is 0.222. The number of hydrogen-bond donors (Lipinski definition) is 1. The third-order valence-electron chi connectivity index (χ3n) is 6.37. The summed E-state index contributed by atoms with van der Waals surface area (Å²) in [5, 5.41) is 2.30. The molecule has 1 aliphatic rings. The van der Waals surface area contributed by atoms with Crippen molar-refractivity contribution in [2.24, 2.45) is 0 Å². The summed E-state index contributed by atoms with van der Waals surface area (Å²) in [6.07, 6.45) is 1.57. The van der Waals surface area contributed by atoms with Crippen LogP contribution in [-0.4, -0.2) is 22.4 Å². The molecule has 2 heterocycles. The summed E-state index contributed by atoms with van der Waals surface area (Å²) in [4.78, 5) is 39.4. The lowest BCUT2D eigenvalue weighted by Gasteiger charge is -2.26. The monoisotopic (exact) mass is 441 g/mol. The summed E-state index contributed by atoms with van der Waals surface area (Å²) < 4.78 is 2.09. The van der Waals surface area contributed by atoms with Crippen LogP contribution in [0.2, 0.25) is 0 Å². The van der Waals surface area contributed by atoms with E-state index in [1.54, 1.807) is 18.2 Å². The van der Waals surface area contributed by atoms with Crippen LogP contribution in [0.5, 0.6) is 0 Å². The van der Waals surface area contributed by atoms with Gasteiger partial charge in [0.05, 0.1) is 5.69 Å². The van der Waals surface area contributed by atoms with Gasteiger partial charge in [0, 0.05) is 17.1 Å². The zero-order valence-electron chi connectivity index (χ0n) is 19.7. The molecule has 0 radical (unpaired) electrons. The number of amides is 4. The van der Waals surface area contributed by atoms with Crippen LogP contribution in [0.4, 0.5) is 10.5 Å². The van der Waals surface area contributed by atoms with Gasteiger partial charge in [0.1, 0.15) is 5.57 Å². The lowest BCUT2D eigenvalue weighted by Crippen LogP contribution is -2.54. The number of hydrogen-bond acceptors (Lipinski definition) is 3. The van der Waals surface area contributed by atoms with Crippen molar-refractivity contribution in [3.05, 3.63) is 87.2 Å². The molecule has 1 N–H and O–H groups in total. The van der Waals surface area contributed by atoms with Crippen LogP contribution in [0, 0.1) is 41.5 Å². The molecule has 0 aliphatic carbocycles. The summed E-state index contributed by atoms with van der Waals surface area (Å²) in [5.74, 6) is -1.33. The van der Waals surface area contributed by atoms with E-state index in [9.17, 15) is 14.4 Å². The maximum atomic E-state index is 13.3. The molecule has 3 aromatic rings. The Hall–Kier alpha value is -3.93. The molecule has 0 spiro atoms. The fourth-order valence-electron chi connectivity index (χ4n) is 4.11. The molecular formula is C27H27N3O3. The Morgan fingerprint density at radius 1 is 0.727 bits per heavy atom. The lowest BCUT2D eigenvalue weighted by atomic mass is 10.1. The van der Waals surface area contributed by atoms with E-state index < -0.39 is 17.8 Å². The van der Waals surface area contributed by atoms with Crippen molar-refractivity contribution in [3.8, 4) is 5.69 Å². The second-order valence-corrected chi connectivity index (χ2v) is 8.66. The Kier molecular flexibility index (Phi) is 5.54. The molecule has 6 heteroatoms. The first-order valence-corrected chi connectivity index (χ1v) is 10.8. The smallest absolute Gasteiger partial charge is 0.318 e. The Bertz CT molecular complexity index is 1360. The first-order chi connectivity index (χ1) is 15.6. The number of barbiturate groups is 1. The average Bonchev–Trinajstić information content (AvgIpc) is 3.03. The Labute approximate surface area is 193 Å². The second kappa shape index (κ2) is 8.20. The highest BCUT2D eigenvalue weighted by Gasteiger charge is 2.37. The number of carbonyl (C=O) groups is 3. The average molecular weight is 442 g/mol. The highest BCUT2D eigenvalue weighted by atomic mass is 16.2. The zero-order chi connectivity index (χ0) is 24.0. The number of imide groups is 2. The van der Waals surface area contributed by atoms with Gasteiger partial charge in [-0.2, -0.15) is 0 Å². The predicted octanol–water partition coefficient (Wildman–Crippen LogP) is 4.99. The largest absolute Gasteiger partial charge is 0.335 e. The topological polar surface area (TPSA) is 71.4 Å². The Balaban J connectivity index is 1.77. The number of carbonyl (C=O) groups excluding carboxylic acids is 3. The van der Waals surface area contributed by atoms with Gasteiger partial charge in [-0.15, -0.1) is 0 Å². The number of rotatable bonds is 3. The molecule has 0 unspecified atom stereocenters. The number of benzene rings is 2. The minimum atomic E-state index is -0.744. The van der Waals surface area contributed by atoms with Crippen LogP contribution >= 0.6 is 0 Å². The molecule has 4 rings (SSSR count). The van der Waals surface area contributed by atoms with E-state index >= 15 is 0 Å². The quantitative estimate of drug-likeness (QED) is 0.460. The SMILES string of the molecule is Cc1ccc(N2C(=O)NC(=O)/C(=C\c3cc(C)n(-c4ccc(C)c(C)c4)c3C)C2=O)cc1C. The molecule has 2 aromatic carbocycles. The zero-order valence-corrected chi connectivity index (χ0v) is 19.7. The number of urea groups is 1. The van der Waals surface area contributed by atoms with Crippen molar-refractivity contribution in [1.29, 1.82) is 0 Å². The summed E-state index contributed by atoms with van der Waals surface area (Å²) >= 11 is 0. The van der Waals surface area contributed by atoms with Crippen molar-refractivity contribution in [1.82, 2.24) is 9.88 Å². The van der Waals surface area contributed by atoms with E-state index in [1.165, 1.54) is 11.1 Å². The molecule has 168 valence electrons. The van der Waals surface area contributed by atoms with Gasteiger partial charge >= 0.3 is 6.03 Å². The van der Waals surface area contributed by atoms with Crippen molar-refractivity contribution in [3.63, 3.8) is 0 Å². The van der Waals surface area contributed by atoms with E-state index in [-0.39, 0.29) is 5.57 Å². The van der Waals surface area contributed by atoms with Crippen LogP contribution < -0.4 is 10.2 Å². The van der Waals surface area contributed by atoms with E-state index in [0.29, 0.717) is 5.69 Å². The minimum absolute atomic E-state index is 0.0758. The van der Waals surface area contributed by atoms with Gasteiger partial charge in [0.15, 0.2) is 0 Å². The van der Waals surface area contributed by atoms with Gasteiger partial charge in [-0.05, 0) is 106 Å². The van der Waals surface area contributed by atoms with Crippen LogP contribution in [0.15, 0.2) is 48.0 Å². The highest BCUT2D eigenvalue weighted by Crippen LogP contribution is 2.27. The van der Waals surface area contributed by atoms with Crippen LogP contribution in [0.3, 0.4) is 0 Å². The highest BCUT2D eigenvalue weighted by molar-refractivity contribution is 6.39. The normalized spacial score (nSPS) is 15.4. The number of nitrogens with one attached hydrogen (secondary N) is 1. The molecule has 0 saturated carbocycles. The maximum Gasteiger partial charge on any atom is 0.335 e. The molecule has 1 aromatic heterocycles. The Morgan fingerprint density at radius 2 is 1.30 bits per heavy atom. The molecule has 4 amide bonds. The molecule has 1 aliphatic heterocycles. The molecule has 33 heavy (non-hydrogen) atoms. The van der Waals surface area contributed by atoms with Crippen LogP contribution in [0.1, 0.15) is 39.2 Å². The molecule has 1 saturated heterocycles. The first kappa shape index (κ1) is 22.3. The van der Waals surface area contributed by atoms with Crippen molar-refractivity contribution < 1.29 is 14.4 Å². The lowest BCUT2D eigenvalue weighted by molar-refractivity contribution is -0.122. The van der Waals surface area contributed by atoms with Gasteiger partial charge in [0.2, 0.25) is 0 Å². The van der Waals surface area contributed by atoms with E-state index in [4.69, 9.17) is 0 Å². The molecule has 6 nitrogen and oxygen atoms in total. The van der Waals surface area contributed by atoms with Gasteiger partial charge in [0.25, 0.3) is 11.8 Å². The van der Waals surface area contributed by atoms with Gasteiger partial charge in [-0.25, -0.2) is 9.69 Å². The van der Waals surface area contributed by atoms with E-state index in [2.05, 4.69) is 41.9 Å². The van der Waals surface area contributed by atoms with Crippen LogP contribution in [-0.2, 0) is 9.59 Å². The van der Waals surface area contributed by atoms with E-state index in [0.717, 1.165) is 38.7 Å². The van der Waals surface area contributed by atoms with Crippen LogP contribution in [0.25, 0.3) is 11.8 Å². The summed E-state index contributed by atoms with van der Waals surface area (Å²) in [6.45, 7) is 11.9. The minimum Gasteiger partial charge on any atom is -0.318 e. The number of aromatic nitrogens is 1. The molecule has 1 fully saturated rings. The Morgan fingerprint density at radius 3 is 1.91 bits per heavy atom. The molecular weight excluding hydrogens is 414 g/mol. The predicted molar refractivity (Wildman–Crippen MR) is 130 cm³/mol. The van der Waals surface area contributed by atoms with Crippen molar-refractivity contribution >= 4 is 29.6 Å². The van der Waals surface area contributed by atoms with E-state index in [1.807, 2.05) is 39.8 Å². The third kappa shape index (κ3) is 3.89. The van der Waals surface area contributed by atoms with Crippen molar-refractivity contribution in [2.45, 2.75) is 41.5 Å². The number of aryl methyl sites for hydroxylation is 5. The standard InChI is InChI=1S/C27H27N3O3/c1-15-7-9-22(11-17(15)3)29-19(5)13-21(20(29)6)14-24-25(31)28-27(33)30(26(24)32)23-10-8-16(2)18(4)12-23/h7-14H,1-6H3,(H,28,31,33)/b24-14+. The number of anilines is 1. The number of nitrogens with zero attached hydrogens (tertiary/aromatic N) is 2. The van der Waals surface area contributed by atoms with Gasteiger partial charge in [-0.3, -0.25) is 14.9 Å². The third-order valence-corrected chi connectivity index (χ3v) is 6.37. The summed E-state index contributed by atoms with van der Waals surface area (Å²) in [6, 6.07) is 12.8. The van der Waals surface area contributed by atoms with Gasteiger partial charge in [-0.1, -0.05) is 12.1 Å². The maximum absolute atomic E-state index is 13.3. The first-order valence-electron chi connectivity index (χ1n) is 10.8. The molecule has 0 atom stereocenters. The molecule has 0 bridgehead atoms. The summed E-state index contributed by atoms with van der Waals surface area (Å²) in [5.41, 5.74) is 8.40. The van der Waals surface area contributed by atoms with Crippen molar-refractivity contribution in [2.75, 3.05) is 4.90 Å². The van der Waals surface area contributed by atoms with Gasteiger partial charge < -0.3 is 4.57 Å². The summed E-state index contributed by atoms with van der Waals surface area (Å²) in [7, 11) is 0. The second-order valence-electron chi connectivity index (χ2n) is 8.66.